The molecule has 0 saturated carbocycles. The summed E-state index contributed by atoms with van der Waals surface area (Å²) in [4.78, 5) is 24.2. The Hall–Kier alpha value is -3.42. The van der Waals surface area contributed by atoms with Crippen LogP contribution in [0.25, 0.3) is 12.2 Å². The molecular formula is C30H29N3O2S2. The van der Waals surface area contributed by atoms with Gasteiger partial charge in [-0.3, -0.25) is 9.69 Å². The number of amidine groups is 1. The van der Waals surface area contributed by atoms with E-state index in [1.807, 2.05) is 60.5 Å². The Kier molecular flexibility index (Phi) is 7.72. The number of rotatable bonds is 7. The van der Waals surface area contributed by atoms with E-state index in [9.17, 15) is 4.79 Å². The first kappa shape index (κ1) is 25.2. The highest BCUT2D eigenvalue weighted by molar-refractivity contribution is 8.19. The number of carbonyl (C=O) groups excluding carboxylic acids is 1. The molecule has 5 rings (SSSR count). The van der Waals surface area contributed by atoms with Gasteiger partial charge in [0.05, 0.1) is 23.5 Å². The van der Waals surface area contributed by atoms with Crippen molar-refractivity contribution in [3.05, 3.63) is 93.9 Å². The quantitative estimate of drug-likeness (QED) is 0.233. The van der Waals surface area contributed by atoms with Crippen LogP contribution in [-0.2, 0) is 4.79 Å². The molecule has 0 atom stereocenters. The molecule has 0 bridgehead atoms. The topological polar surface area (TPSA) is 45.1 Å². The van der Waals surface area contributed by atoms with Crippen LogP contribution in [0.3, 0.4) is 0 Å². The molecule has 1 amide bonds. The average Bonchev–Trinajstić information content (AvgIpc) is 3.42. The van der Waals surface area contributed by atoms with Crippen LogP contribution in [0.4, 0.5) is 11.4 Å². The van der Waals surface area contributed by atoms with E-state index in [-0.39, 0.29) is 5.91 Å². The molecule has 0 N–H and O–H groups in total. The number of unbranched alkanes of at least 4 members (excludes halogenated alkanes) is 1. The van der Waals surface area contributed by atoms with Gasteiger partial charge in [0.1, 0.15) is 10.7 Å². The first-order valence-corrected chi connectivity index (χ1v) is 14.0. The number of benzene rings is 3. The molecule has 0 aliphatic carbocycles. The zero-order chi connectivity index (χ0) is 25.8. The zero-order valence-electron chi connectivity index (χ0n) is 21.2. The Morgan fingerprint density at radius 3 is 2.38 bits per heavy atom. The third-order valence-electron chi connectivity index (χ3n) is 6.22. The van der Waals surface area contributed by atoms with E-state index >= 15 is 0 Å². The van der Waals surface area contributed by atoms with Gasteiger partial charge < -0.3 is 9.64 Å². The minimum Gasteiger partial charge on any atom is -0.497 e. The highest BCUT2D eigenvalue weighted by Gasteiger charge is 2.39. The smallest absolute Gasteiger partial charge is 0.269 e. The van der Waals surface area contributed by atoms with Crippen molar-refractivity contribution in [2.75, 3.05) is 25.6 Å². The Balaban J connectivity index is 1.41. The van der Waals surface area contributed by atoms with E-state index in [1.165, 1.54) is 11.8 Å². The van der Waals surface area contributed by atoms with Crippen LogP contribution in [0.5, 0.6) is 5.75 Å². The van der Waals surface area contributed by atoms with Crippen molar-refractivity contribution < 1.29 is 9.53 Å². The minimum atomic E-state index is 0.0220. The highest BCUT2D eigenvalue weighted by atomic mass is 32.2. The zero-order valence-corrected chi connectivity index (χ0v) is 22.8. The summed E-state index contributed by atoms with van der Waals surface area (Å²) in [6, 6.07) is 24.4. The molecule has 1 saturated heterocycles. The Labute approximate surface area is 226 Å². The van der Waals surface area contributed by atoms with Crippen molar-refractivity contribution in [3.63, 3.8) is 0 Å². The van der Waals surface area contributed by atoms with E-state index < -0.39 is 0 Å². The molecule has 2 aliphatic heterocycles. The lowest BCUT2D eigenvalue weighted by molar-refractivity contribution is -0.122. The summed E-state index contributed by atoms with van der Waals surface area (Å²) in [7, 11) is 3.67. The molecule has 3 aromatic rings. The molecule has 0 aromatic heterocycles. The van der Waals surface area contributed by atoms with Crippen molar-refractivity contribution >= 4 is 58.1 Å². The van der Waals surface area contributed by atoms with Gasteiger partial charge in [-0.05, 0) is 53.6 Å². The summed E-state index contributed by atoms with van der Waals surface area (Å²) >= 11 is 3.09. The molecular weight excluding hydrogens is 498 g/mol. The van der Waals surface area contributed by atoms with E-state index in [0.717, 1.165) is 61.1 Å². The molecule has 2 aliphatic rings. The van der Waals surface area contributed by atoms with Crippen LogP contribution in [-0.4, -0.2) is 36.7 Å². The Morgan fingerprint density at radius 2 is 1.68 bits per heavy atom. The number of hydrogen-bond donors (Lipinski definition) is 0. The van der Waals surface area contributed by atoms with Crippen molar-refractivity contribution in [2.24, 2.45) is 4.99 Å². The minimum absolute atomic E-state index is 0.0220. The molecule has 7 heteroatoms. The summed E-state index contributed by atoms with van der Waals surface area (Å²) in [5, 5.41) is 1.67. The molecule has 0 spiro atoms. The summed E-state index contributed by atoms with van der Waals surface area (Å²) in [5.41, 5.74) is 4.14. The summed E-state index contributed by atoms with van der Waals surface area (Å²) in [6.45, 7) is 2.79. The normalized spacial score (nSPS) is 18.4. The van der Waals surface area contributed by atoms with E-state index in [4.69, 9.17) is 9.73 Å². The van der Waals surface area contributed by atoms with Crippen LogP contribution >= 0.6 is 23.5 Å². The first-order chi connectivity index (χ1) is 18.1. The predicted octanol–water partition coefficient (Wildman–Crippen LogP) is 7.64. The number of hydrogen-bond acceptors (Lipinski definition) is 6. The molecule has 188 valence electrons. The number of anilines is 1. The predicted molar refractivity (Wildman–Crippen MR) is 157 cm³/mol. The largest absolute Gasteiger partial charge is 0.497 e. The number of aliphatic imine (C=N–C) groups is 1. The third-order valence-corrected chi connectivity index (χ3v) is 8.65. The van der Waals surface area contributed by atoms with Gasteiger partial charge in [-0.25, -0.2) is 4.99 Å². The monoisotopic (exact) mass is 527 g/mol. The molecule has 5 nitrogen and oxygen atoms in total. The molecule has 1 fully saturated rings. The van der Waals surface area contributed by atoms with Crippen LogP contribution < -0.4 is 9.64 Å². The van der Waals surface area contributed by atoms with E-state index in [0.29, 0.717) is 6.54 Å². The van der Waals surface area contributed by atoms with Gasteiger partial charge in [0.2, 0.25) is 0 Å². The van der Waals surface area contributed by atoms with Gasteiger partial charge in [0.25, 0.3) is 5.91 Å². The maximum absolute atomic E-state index is 13.6. The number of ether oxygens (including phenoxy) is 1. The van der Waals surface area contributed by atoms with Crippen molar-refractivity contribution in [1.82, 2.24) is 4.90 Å². The first-order valence-electron chi connectivity index (χ1n) is 12.3. The Morgan fingerprint density at radius 1 is 0.946 bits per heavy atom. The maximum Gasteiger partial charge on any atom is 0.269 e. The lowest BCUT2D eigenvalue weighted by atomic mass is 10.1. The molecule has 0 unspecified atom stereocenters. The fourth-order valence-electron chi connectivity index (χ4n) is 4.11. The molecule has 37 heavy (non-hydrogen) atoms. The summed E-state index contributed by atoms with van der Waals surface area (Å²) in [6.07, 6.45) is 6.13. The van der Waals surface area contributed by atoms with Gasteiger partial charge in [0, 0.05) is 24.6 Å². The number of thioether (sulfide) groups is 2. The van der Waals surface area contributed by atoms with Gasteiger partial charge in [-0.15, -0.1) is 0 Å². The van der Waals surface area contributed by atoms with Crippen LogP contribution in [0.15, 0.2) is 92.6 Å². The number of nitrogens with zero attached hydrogens (tertiary/aromatic N) is 3. The molecule has 2 heterocycles. The van der Waals surface area contributed by atoms with Crippen LogP contribution in [0, 0.1) is 0 Å². The van der Waals surface area contributed by atoms with Crippen LogP contribution in [0.1, 0.15) is 30.9 Å². The Bertz CT molecular complexity index is 1380. The number of methoxy groups -OCH3 is 1. The third kappa shape index (κ3) is 5.48. The molecule has 3 aromatic carbocycles. The number of carbonyl (C=O) groups is 1. The van der Waals surface area contributed by atoms with Gasteiger partial charge >= 0.3 is 0 Å². The summed E-state index contributed by atoms with van der Waals surface area (Å²) in [5.74, 6) is 0.825. The van der Waals surface area contributed by atoms with Crippen molar-refractivity contribution in [3.8, 4) is 5.75 Å². The lowest BCUT2D eigenvalue weighted by Gasteiger charge is -2.16. The van der Waals surface area contributed by atoms with Crippen LogP contribution in [0.2, 0.25) is 0 Å². The fourth-order valence-corrected chi connectivity index (χ4v) is 6.46. The van der Waals surface area contributed by atoms with Gasteiger partial charge in [-0.1, -0.05) is 79.7 Å². The van der Waals surface area contributed by atoms with Gasteiger partial charge in [0.15, 0.2) is 5.17 Å². The van der Waals surface area contributed by atoms with Crippen molar-refractivity contribution in [1.29, 1.82) is 0 Å². The number of fused-ring (bicyclic) bond motifs is 1. The average molecular weight is 528 g/mol. The molecule has 0 radical (unpaired) electrons. The highest BCUT2D eigenvalue weighted by Crippen LogP contribution is 2.51. The van der Waals surface area contributed by atoms with E-state index in [1.54, 1.807) is 18.9 Å². The fraction of sp³-hybridized carbons (Fsp3) is 0.200. The van der Waals surface area contributed by atoms with Gasteiger partial charge in [-0.2, -0.15) is 0 Å². The second-order valence-corrected chi connectivity index (χ2v) is 10.8. The standard InChI is InChI=1S/C30H29N3O2S2/c1-4-5-19-33-28(34)27(29-32(2)25-20-24(35-3)17-18-26(25)36-29)37-30(33)31-23-15-13-22(14-16-23)12-11-21-9-7-6-8-10-21/h6-18,20H,4-5,19H2,1-3H3. The second-order valence-electron chi connectivity index (χ2n) is 8.77. The SMILES string of the molecule is CCCCN1C(=O)C(=C2Sc3ccc(OC)cc3N2C)SC1=Nc1ccc(C=Cc2ccccc2)cc1. The van der Waals surface area contributed by atoms with Crippen molar-refractivity contribution in [2.45, 2.75) is 24.7 Å². The second kappa shape index (κ2) is 11.3. The number of amides is 1. The van der Waals surface area contributed by atoms with E-state index in [2.05, 4.69) is 48.2 Å². The lowest BCUT2D eigenvalue weighted by Crippen LogP contribution is -2.30. The maximum atomic E-state index is 13.6. The summed E-state index contributed by atoms with van der Waals surface area (Å²) < 4.78 is 5.40.